The summed E-state index contributed by atoms with van der Waals surface area (Å²) >= 11 is 0. The highest BCUT2D eigenvalue weighted by molar-refractivity contribution is 6.04. The lowest BCUT2D eigenvalue weighted by molar-refractivity contribution is 0.0950. The lowest BCUT2D eigenvalue weighted by Gasteiger charge is -2.10. The van der Waals surface area contributed by atoms with Crippen molar-refractivity contribution < 1.29 is 14.3 Å². The maximum Gasteiger partial charge on any atom is 0.274 e. The van der Waals surface area contributed by atoms with E-state index in [-0.39, 0.29) is 17.5 Å². The van der Waals surface area contributed by atoms with E-state index >= 15 is 0 Å². The van der Waals surface area contributed by atoms with Crippen molar-refractivity contribution in [3.63, 3.8) is 0 Å². The Bertz CT molecular complexity index is 1030. The van der Waals surface area contributed by atoms with E-state index in [1.807, 2.05) is 56.3 Å². The SMILES string of the molecule is COc1ccccc1CNC(=O)c1ccnc(C(=O)Nc2cc(C)cc(C)c2)c1. The predicted octanol–water partition coefficient (Wildman–Crippen LogP) is 3.89. The zero-order chi connectivity index (χ0) is 20.8. The number of aromatic nitrogens is 1. The van der Waals surface area contributed by atoms with Gasteiger partial charge in [0.15, 0.2) is 0 Å². The largest absolute Gasteiger partial charge is 0.496 e. The van der Waals surface area contributed by atoms with Crippen molar-refractivity contribution >= 4 is 17.5 Å². The minimum atomic E-state index is -0.366. The number of para-hydroxylation sites is 1. The second-order valence-corrected chi connectivity index (χ2v) is 6.75. The monoisotopic (exact) mass is 389 g/mol. The average molecular weight is 389 g/mol. The molecule has 0 atom stereocenters. The van der Waals surface area contributed by atoms with Crippen LogP contribution in [0.3, 0.4) is 0 Å². The van der Waals surface area contributed by atoms with Crippen LogP contribution in [0.25, 0.3) is 0 Å². The molecule has 6 heteroatoms. The summed E-state index contributed by atoms with van der Waals surface area (Å²) in [7, 11) is 1.59. The number of ether oxygens (including phenoxy) is 1. The molecule has 0 aliphatic rings. The molecular formula is C23H23N3O3. The van der Waals surface area contributed by atoms with Gasteiger partial charge in [-0.25, -0.2) is 0 Å². The molecule has 3 rings (SSSR count). The number of methoxy groups -OCH3 is 1. The fraction of sp³-hybridized carbons (Fsp3) is 0.174. The van der Waals surface area contributed by atoms with Gasteiger partial charge >= 0.3 is 0 Å². The van der Waals surface area contributed by atoms with E-state index in [2.05, 4.69) is 15.6 Å². The van der Waals surface area contributed by atoms with E-state index in [1.54, 1.807) is 13.2 Å². The van der Waals surface area contributed by atoms with Crippen LogP contribution >= 0.6 is 0 Å². The van der Waals surface area contributed by atoms with Gasteiger partial charge in [-0.3, -0.25) is 14.6 Å². The number of nitrogens with zero attached hydrogens (tertiary/aromatic N) is 1. The summed E-state index contributed by atoms with van der Waals surface area (Å²) in [6.07, 6.45) is 1.45. The molecule has 0 aliphatic heterocycles. The summed E-state index contributed by atoms with van der Waals surface area (Å²) in [5.41, 5.74) is 4.20. The Morgan fingerprint density at radius 2 is 1.69 bits per heavy atom. The minimum absolute atomic E-state index is 0.175. The van der Waals surface area contributed by atoms with Gasteiger partial charge in [-0.1, -0.05) is 24.3 Å². The Kier molecular flexibility index (Phi) is 6.24. The smallest absolute Gasteiger partial charge is 0.274 e. The molecule has 0 bridgehead atoms. The Labute approximate surface area is 169 Å². The Morgan fingerprint density at radius 1 is 0.966 bits per heavy atom. The second kappa shape index (κ2) is 9.01. The van der Waals surface area contributed by atoms with Crippen molar-refractivity contribution in [1.29, 1.82) is 0 Å². The predicted molar refractivity (Wildman–Crippen MR) is 112 cm³/mol. The van der Waals surface area contributed by atoms with Crippen LogP contribution in [0.1, 0.15) is 37.5 Å². The van der Waals surface area contributed by atoms with Crippen LogP contribution in [0.4, 0.5) is 5.69 Å². The summed E-state index contributed by atoms with van der Waals surface area (Å²) < 4.78 is 5.29. The normalized spacial score (nSPS) is 10.3. The third-order valence-corrected chi connectivity index (χ3v) is 4.37. The van der Waals surface area contributed by atoms with Crippen molar-refractivity contribution in [2.75, 3.05) is 12.4 Å². The Balaban J connectivity index is 1.69. The third kappa shape index (κ3) is 5.19. The molecule has 0 radical (unpaired) electrons. The summed E-state index contributed by atoms with van der Waals surface area (Å²) in [6, 6.07) is 16.3. The van der Waals surface area contributed by atoms with Crippen LogP contribution in [0.5, 0.6) is 5.75 Å². The molecule has 0 unspecified atom stereocenters. The molecule has 0 saturated heterocycles. The van der Waals surface area contributed by atoms with E-state index in [9.17, 15) is 9.59 Å². The lowest BCUT2D eigenvalue weighted by atomic mass is 10.1. The molecule has 148 valence electrons. The van der Waals surface area contributed by atoms with Crippen LogP contribution in [0.15, 0.2) is 60.8 Å². The number of pyridine rings is 1. The fourth-order valence-electron chi connectivity index (χ4n) is 3.06. The highest BCUT2D eigenvalue weighted by Gasteiger charge is 2.13. The first-order valence-electron chi connectivity index (χ1n) is 9.22. The number of benzene rings is 2. The number of anilines is 1. The number of hydrogen-bond acceptors (Lipinski definition) is 4. The van der Waals surface area contributed by atoms with Crippen molar-refractivity contribution in [2.45, 2.75) is 20.4 Å². The van der Waals surface area contributed by atoms with Gasteiger partial charge in [-0.15, -0.1) is 0 Å². The molecule has 3 aromatic rings. The number of amides is 2. The Morgan fingerprint density at radius 3 is 2.41 bits per heavy atom. The highest BCUT2D eigenvalue weighted by Crippen LogP contribution is 2.17. The number of rotatable bonds is 6. The van der Waals surface area contributed by atoms with Crippen molar-refractivity contribution in [2.24, 2.45) is 0 Å². The zero-order valence-corrected chi connectivity index (χ0v) is 16.7. The van der Waals surface area contributed by atoms with E-state index in [1.165, 1.54) is 12.3 Å². The number of carbonyl (C=O) groups excluding carboxylic acids is 2. The number of carbonyl (C=O) groups is 2. The van der Waals surface area contributed by atoms with Gasteiger partial charge in [-0.2, -0.15) is 0 Å². The highest BCUT2D eigenvalue weighted by atomic mass is 16.5. The first-order chi connectivity index (χ1) is 14.0. The van der Waals surface area contributed by atoms with Crippen LogP contribution in [-0.4, -0.2) is 23.9 Å². The Hall–Kier alpha value is -3.67. The standard InChI is InChI=1S/C23H23N3O3/c1-15-10-16(2)12-19(11-15)26-23(28)20-13-17(8-9-24-20)22(27)25-14-18-6-4-5-7-21(18)29-3/h4-13H,14H2,1-3H3,(H,25,27)(H,26,28). The molecule has 2 aromatic carbocycles. The number of hydrogen-bond donors (Lipinski definition) is 2. The molecule has 0 saturated carbocycles. The molecule has 1 aromatic heterocycles. The second-order valence-electron chi connectivity index (χ2n) is 6.75. The van der Waals surface area contributed by atoms with Gasteiger partial charge < -0.3 is 15.4 Å². The van der Waals surface area contributed by atoms with Gasteiger partial charge in [0.2, 0.25) is 0 Å². The van der Waals surface area contributed by atoms with Gasteiger partial charge in [0, 0.05) is 29.6 Å². The summed E-state index contributed by atoms with van der Waals surface area (Å²) in [6.45, 7) is 4.25. The van der Waals surface area contributed by atoms with Crippen LogP contribution in [0.2, 0.25) is 0 Å². The van der Waals surface area contributed by atoms with E-state index in [0.29, 0.717) is 23.5 Å². The molecule has 0 aliphatic carbocycles. The average Bonchev–Trinajstić information content (AvgIpc) is 2.71. The van der Waals surface area contributed by atoms with Crippen LogP contribution in [0, 0.1) is 13.8 Å². The molecule has 0 spiro atoms. The zero-order valence-electron chi connectivity index (χ0n) is 16.7. The molecule has 6 nitrogen and oxygen atoms in total. The van der Waals surface area contributed by atoms with Crippen LogP contribution < -0.4 is 15.4 Å². The lowest BCUT2D eigenvalue weighted by Crippen LogP contribution is -2.24. The van der Waals surface area contributed by atoms with Crippen molar-refractivity contribution in [3.05, 3.63) is 88.7 Å². The van der Waals surface area contributed by atoms with Gasteiger partial charge in [0.1, 0.15) is 11.4 Å². The summed E-state index contributed by atoms with van der Waals surface area (Å²) in [5.74, 6) is 0.0455. The maximum absolute atomic E-state index is 12.6. The van der Waals surface area contributed by atoms with Crippen molar-refractivity contribution in [1.82, 2.24) is 10.3 Å². The van der Waals surface area contributed by atoms with E-state index < -0.39 is 0 Å². The molecule has 1 heterocycles. The van der Waals surface area contributed by atoms with Crippen LogP contribution in [-0.2, 0) is 6.54 Å². The first-order valence-corrected chi connectivity index (χ1v) is 9.22. The third-order valence-electron chi connectivity index (χ3n) is 4.37. The maximum atomic E-state index is 12.6. The quantitative estimate of drug-likeness (QED) is 0.670. The van der Waals surface area contributed by atoms with E-state index in [4.69, 9.17) is 4.74 Å². The fourth-order valence-corrected chi connectivity index (χ4v) is 3.06. The van der Waals surface area contributed by atoms with Gasteiger partial charge in [0.05, 0.1) is 7.11 Å². The molecule has 0 fully saturated rings. The molecule has 29 heavy (non-hydrogen) atoms. The number of nitrogens with one attached hydrogen (secondary N) is 2. The minimum Gasteiger partial charge on any atom is -0.496 e. The number of aryl methyl sites for hydroxylation is 2. The molecule has 2 amide bonds. The van der Waals surface area contributed by atoms with Crippen molar-refractivity contribution in [3.8, 4) is 5.75 Å². The van der Waals surface area contributed by atoms with E-state index in [0.717, 1.165) is 16.7 Å². The summed E-state index contributed by atoms with van der Waals surface area (Å²) in [4.78, 5) is 29.2. The van der Waals surface area contributed by atoms with Gasteiger partial charge in [0.25, 0.3) is 11.8 Å². The molecular weight excluding hydrogens is 366 g/mol. The first kappa shape index (κ1) is 20.1. The topological polar surface area (TPSA) is 80.3 Å². The summed E-state index contributed by atoms with van der Waals surface area (Å²) in [5, 5.41) is 5.67. The van der Waals surface area contributed by atoms with Gasteiger partial charge in [-0.05, 0) is 55.3 Å². The molecule has 2 N–H and O–H groups in total.